The standard InChI is InChI=1S/C19H22FN/c1-2-21-18(14-15-8-6-7-11-17(15)20)19(12-13-19)16-9-4-3-5-10-16/h3-11,18,21H,2,12-14H2,1H3. The van der Waals surface area contributed by atoms with E-state index in [0.29, 0.717) is 6.04 Å². The minimum Gasteiger partial charge on any atom is -0.313 e. The molecule has 0 saturated heterocycles. The van der Waals surface area contributed by atoms with Gasteiger partial charge in [-0.2, -0.15) is 0 Å². The molecule has 2 aromatic rings. The van der Waals surface area contributed by atoms with Crippen LogP contribution in [0.3, 0.4) is 0 Å². The molecule has 2 heteroatoms. The minimum absolute atomic E-state index is 0.0933. The van der Waals surface area contributed by atoms with Crippen molar-refractivity contribution < 1.29 is 4.39 Å². The van der Waals surface area contributed by atoms with Gasteiger partial charge in [0.15, 0.2) is 0 Å². The Hall–Kier alpha value is -1.67. The number of benzene rings is 2. The highest BCUT2D eigenvalue weighted by Crippen LogP contribution is 2.51. The van der Waals surface area contributed by atoms with Crippen LogP contribution in [0.15, 0.2) is 54.6 Å². The number of nitrogens with one attached hydrogen (secondary N) is 1. The van der Waals surface area contributed by atoms with Gasteiger partial charge in [-0.05, 0) is 43.0 Å². The average Bonchev–Trinajstić information content (AvgIpc) is 3.32. The molecule has 1 saturated carbocycles. The normalized spacial score (nSPS) is 17.4. The summed E-state index contributed by atoms with van der Waals surface area (Å²) < 4.78 is 14.0. The van der Waals surface area contributed by atoms with E-state index in [0.717, 1.165) is 18.5 Å². The first-order valence-electron chi connectivity index (χ1n) is 7.78. The Kier molecular flexibility index (Phi) is 4.07. The molecule has 1 aliphatic carbocycles. The van der Waals surface area contributed by atoms with E-state index in [4.69, 9.17) is 0 Å². The van der Waals surface area contributed by atoms with E-state index in [-0.39, 0.29) is 11.2 Å². The van der Waals surface area contributed by atoms with E-state index < -0.39 is 0 Å². The highest BCUT2D eigenvalue weighted by atomic mass is 19.1. The molecular weight excluding hydrogens is 261 g/mol. The van der Waals surface area contributed by atoms with E-state index in [1.54, 1.807) is 12.1 Å². The maximum absolute atomic E-state index is 14.0. The van der Waals surface area contributed by atoms with Crippen LogP contribution >= 0.6 is 0 Å². The van der Waals surface area contributed by atoms with Crippen LogP contribution in [0.4, 0.5) is 4.39 Å². The third-order valence-electron chi connectivity index (χ3n) is 4.64. The largest absolute Gasteiger partial charge is 0.313 e. The summed E-state index contributed by atoms with van der Waals surface area (Å²) in [7, 11) is 0. The van der Waals surface area contributed by atoms with Crippen LogP contribution in [0, 0.1) is 5.82 Å². The van der Waals surface area contributed by atoms with Gasteiger partial charge in [-0.1, -0.05) is 55.5 Å². The first kappa shape index (κ1) is 14.3. The molecule has 1 unspecified atom stereocenters. The Labute approximate surface area is 126 Å². The molecule has 0 bridgehead atoms. The lowest BCUT2D eigenvalue weighted by Crippen LogP contribution is -2.42. The van der Waals surface area contributed by atoms with E-state index in [9.17, 15) is 4.39 Å². The van der Waals surface area contributed by atoms with Crippen LogP contribution in [0.25, 0.3) is 0 Å². The number of hydrogen-bond acceptors (Lipinski definition) is 1. The third-order valence-corrected chi connectivity index (χ3v) is 4.64. The third kappa shape index (κ3) is 2.86. The van der Waals surface area contributed by atoms with Crippen molar-refractivity contribution in [1.82, 2.24) is 5.32 Å². The van der Waals surface area contributed by atoms with Gasteiger partial charge in [-0.15, -0.1) is 0 Å². The zero-order chi connectivity index (χ0) is 14.7. The predicted octanol–water partition coefficient (Wildman–Crippen LogP) is 4.08. The smallest absolute Gasteiger partial charge is 0.126 e. The fourth-order valence-electron chi connectivity index (χ4n) is 3.34. The Morgan fingerprint density at radius 2 is 1.71 bits per heavy atom. The first-order valence-corrected chi connectivity index (χ1v) is 7.78. The Morgan fingerprint density at radius 3 is 2.33 bits per heavy atom. The second kappa shape index (κ2) is 5.98. The zero-order valence-corrected chi connectivity index (χ0v) is 12.5. The van der Waals surface area contributed by atoms with Gasteiger partial charge < -0.3 is 5.32 Å². The van der Waals surface area contributed by atoms with E-state index in [1.807, 2.05) is 12.1 Å². The minimum atomic E-state index is -0.0933. The maximum Gasteiger partial charge on any atom is 0.126 e. The van der Waals surface area contributed by atoms with Crippen LogP contribution in [0.1, 0.15) is 30.9 Å². The second-order valence-electron chi connectivity index (χ2n) is 5.93. The van der Waals surface area contributed by atoms with Crippen molar-refractivity contribution in [3.05, 3.63) is 71.5 Å². The van der Waals surface area contributed by atoms with Gasteiger partial charge in [0.1, 0.15) is 5.82 Å². The topological polar surface area (TPSA) is 12.0 Å². The Bertz CT molecular complexity index is 590. The maximum atomic E-state index is 14.0. The lowest BCUT2D eigenvalue weighted by atomic mass is 9.84. The van der Waals surface area contributed by atoms with Crippen LogP contribution in [-0.2, 0) is 11.8 Å². The molecule has 21 heavy (non-hydrogen) atoms. The summed E-state index contributed by atoms with van der Waals surface area (Å²) in [6, 6.07) is 18.1. The quantitative estimate of drug-likeness (QED) is 0.842. The summed E-state index contributed by atoms with van der Waals surface area (Å²) in [4.78, 5) is 0. The van der Waals surface area contributed by atoms with Crippen LogP contribution in [0.5, 0.6) is 0 Å². The van der Waals surface area contributed by atoms with Crippen LogP contribution in [0.2, 0.25) is 0 Å². The highest BCUT2D eigenvalue weighted by molar-refractivity contribution is 5.35. The average molecular weight is 283 g/mol. The molecule has 0 spiro atoms. The van der Waals surface area contributed by atoms with Crippen molar-refractivity contribution >= 4 is 0 Å². The van der Waals surface area contributed by atoms with Crippen molar-refractivity contribution in [2.75, 3.05) is 6.54 Å². The van der Waals surface area contributed by atoms with E-state index in [1.165, 1.54) is 18.4 Å². The lowest BCUT2D eigenvalue weighted by molar-refractivity contribution is 0.415. The molecule has 0 aliphatic heterocycles. The highest BCUT2D eigenvalue weighted by Gasteiger charge is 2.50. The first-order chi connectivity index (χ1) is 10.3. The summed E-state index contributed by atoms with van der Waals surface area (Å²) in [6.07, 6.45) is 3.11. The number of halogens is 1. The van der Waals surface area contributed by atoms with Crippen molar-refractivity contribution in [2.24, 2.45) is 0 Å². The fraction of sp³-hybridized carbons (Fsp3) is 0.368. The van der Waals surface area contributed by atoms with Gasteiger partial charge in [0.05, 0.1) is 0 Å². The molecule has 1 N–H and O–H groups in total. The van der Waals surface area contributed by atoms with Gasteiger partial charge in [-0.25, -0.2) is 4.39 Å². The van der Waals surface area contributed by atoms with Crippen molar-refractivity contribution in [3.63, 3.8) is 0 Å². The molecule has 1 aliphatic rings. The molecule has 1 atom stereocenters. The van der Waals surface area contributed by atoms with Crippen LogP contribution < -0.4 is 5.32 Å². The summed E-state index contributed by atoms with van der Waals surface area (Å²) in [5, 5.41) is 3.59. The lowest BCUT2D eigenvalue weighted by Gasteiger charge is -2.28. The van der Waals surface area contributed by atoms with Gasteiger partial charge in [-0.3, -0.25) is 0 Å². The number of hydrogen-bond donors (Lipinski definition) is 1. The number of likely N-dealkylation sites (N-methyl/N-ethyl adjacent to an activating group) is 1. The van der Waals surface area contributed by atoms with Gasteiger partial charge in [0, 0.05) is 11.5 Å². The number of rotatable bonds is 6. The van der Waals surface area contributed by atoms with Gasteiger partial charge in [0.2, 0.25) is 0 Å². The molecule has 0 radical (unpaired) electrons. The summed E-state index contributed by atoms with van der Waals surface area (Å²) >= 11 is 0. The van der Waals surface area contributed by atoms with Gasteiger partial charge in [0.25, 0.3) is 0 Å². The van der Waals surface area contributed by atoms with Crippen molar-refractivity contribution in [3.8, 4) is 0 Å². The van der Waals surface area contributed by atoms with Crippen LogP contribution in [-0.4, -0.2) is 12.6 Å². The zero-order valence-electron chi connectivity index (χ0n) is 12.5. The Balaban J connectivity index is 1.87. The van der Waals surface area contributed by atoms with E-state index >= 15 is 0 Å². The predicted molar refractivity (Wildman–Crippen MR) is 84.9 cm³/mol. The second-order valence-corrected chi connectivity index (χ2v) is 5.93. The summed E-state index contributed by atoms with van der Waals surface area (Å²) in [5.74, 6) is -0.0933. The molecule has 1 nitrogen and oxygen atoms in total. The SMILES string of the molecule is CCNC(Cc1ccccc1F)C1(c2ccccc2)CC1. The monoisotopic (exact) mass is 283 g/mol. The van der Waals surface area contributed by atoms with E-state index in [2.05, 4.69) is 42.6 Å². The molecule has 0 heterocycles. The van der Waals surface area contributed by atoms with Gasteiger partial charge >= 0.3 is 0 Å². The molecule has 3 rings (SSSR count). The molecule has 0 aromatic heterocycles. The molecular formula is C19H22FN. The molecule has 2 aromatic carbocycles. The fourth-order valence-corrected chi connectivity index (χ4v) is 3.34. The summed E-state index contributed by atoms with van der Waals surface area (Å²) in [5.41, 5.74) is 2.37. The molecule has 1 fully saturated rings. The molecule has 110 valence electrons. The van der Waals surface area contributed by atoms with Crippen molar-refractivity contribution in [1.29, 1.82) is 0 Å². The Morgan fingerprint density at radius 1 is 1.05 bits per heavy atom. The van der Waals surface area contributed by atoms with Crippen molar-refractivity contribution in [2.45, 2.75) is 37.6 Å². The molecule has 0 amide bonds. The summed E-state index contributed by atoms with van der Waals surface area (Å²) in [6.45, 7) is 3.03.